The van der Waals surface area contributed by atoms with Crippen LogP contribution < -0.4 is 5.32 Å². The Balaban J connectivity index is 1.49. The number of aryl methyl sites for hydroxylation is 1. The molecule has 1 fully saturated rings. The maximum atomic E-state index is 11.8. The minimum Gasteiger partial charge on any atom is -0.352 e. The Morgan fingerprint density at radius 2 is 1.89 bits per heavy atom. The summed E-state index contributed by atoms with van der Waals surface area (Å²) in [6.45, 7) is 2.33. The third-order valence-electron chi connectivity index (χ3n) is 6.35. The smallest absolute Gasteiger partial charge is 0.220 e. The molecule has 2 aliphatic rings. The van der Waals surface area contributed by atoms with Crippen molar-refractivity contribution in [3.8, 4) is 0 Å². The number of hydrogen-bond donors (Lipinski definition) is 1. The molecule has 3 aromatic carbocycles. The molecule has 1 amide bonds. The Bertz CT molecular complexity index is 1040. The molecule has 1 saturated heterocycles. The summed E-state index contributed by atoms with van der Waals surface area (Å²) in [6.07, 6.45) is 3.67. The van der Waals surface area contributed by atoms with Gasteiger partial charge in [-0.25, -0.2) is 0 Å². The third-order valence-corrected chi connectivity index (χ3v) is 7.41. The Morgan fingerprint density at radius 1 is 1.04 bits per heavy atom. The minimum atomic E-state index is 0.0735. The molecule has 3 aromatic rings. The van der Waals surface area contributed by atoms with Gasteiger partial charge < -0.3 is 5.32 Å². The quantitative estimate of drug-likeness (QED) is 0.645. The van der Waals surface area contributed by atoms with Gasteiger partial charge in [0.25, 0.3) is 0 Å². The van der Waals surface area contributed by atoms with Gasteiger partial charge in [-0.3, -0.25) is 4.79 Å². The largest absolute Gasteiger partial charge is 0.352 e. The van der Waals surface area contributed by atoms with Crippen molar-refractivity contribution in [2.24, 2.45) is 0 Å². The molecule has 3 heteroatoms. The summed E-state index contributed by atoms with van der Waals surface area (Å²) < 4.78 is 0. The predicted molar refractivity (Wildman–Crippen MR) is 111 cm³/mol. The van der Waals surface area contributed by atoms with Gasteiger partial charge in [0.05, 0.1) is 0 Å². The summed E-state index contributed by atoms with van der Waals surface area (Å²) in [5, 5.41) is 5.83. The van der Waals surface area contributed by atoms with Crippen LogP contribution in [0.5, 0.6) is 0 Å². The van der Waals surface area contributed by atoms with E-state index in [4.69, 9.17) is 0 Å². The van der Waals surface area contributed by atoms with Crippen molar-refractivity contribution >= 4 is 28.4 Å². The van der Waals surface area contributed by atoms with E-state index >= 15 is 0 Å². The van der Waals surface area contributed by atoms with Gasteiger partial charge in [-0.1, -0.05) is 61.2 Å². The van der Waals surface area contributed by atoms with E-state index in [2.05, 4.69) is 72.9 Å². The van der Waals surface area contributed by atoms with Gasteiger partial charge >= 0.3 is 0 Å². The van der Waals surface area contributed by atoms with Crippen LogP contribution in [0.2, 0.25) is 0 Å². The Kier molecular flexibility index (Phi) is 4.01. The zero-order chi connectivity index (χ0) is 18.4. The third kappa shape index (κ3) is 2.85. The number of carbonyl (C=O) groups is 1. The summed E-state index contributed by atoms with van der Waals surface area (Å²) in [6, 6.07) is 22.3. The van der Waals surface area contributed by atoms with Crippen LogP contribution in [0, 0.1) is 0 Å². The summed E-state index contributed by atoms with van der Waals surface area (Å²) in [7, 11) is 0. The van der Waals surface area contributed by atoms with Crippen LogP contribution in [-0.4, -0.2) is 11.9 Å². The van der Waals surface area contributed by atoms with Crippen LogP contribution in [-0.2, 0) is 16.6 Å². The first-order chi connectivity index (χ1) is 13.1. The van der Waals surface area contributed by atoms with Crippen molar-refractivity contribution in [2.75, 3.05) is 0 Å². The van der Waals surface area contributed by atoms with Gasteiger partial charge in [0.2, 0.25) is 5.91 Å². The zero-order valence-corrected chi connectivity index (χ0v) is 16.3. The fraction of sp³-hybridized carbons (Fsp3) is 0.292. The van der Waals surface area contributed by atoms with Crippen molar-refractivity contribution in [3.63, 3.8) is 0 Å². The van der Waals surface area contributed by atoms with E-state index in [9.17, 15) is 4.79 Å². The molecule has 1 aliphatic heterocycles. The lowest BCUT2D eigenvalue weighted by molar-refractivity contribution is -0.125. The Morgan fingerprint density at radius 3 is 2.81 bits per heavy atom. The van der Waals surface area contributed by atoms with E-state index in [0.29, 0.717) is 6.42 Å². The number of hydrogen-bond acceptors (Lipinski definition) is 2. The molecule has 1 heterocycles. The summed E-state index contributed by atoms with van der Waals surface area (Å²) in [5.41, 5.74) is 2.96. The average molecular weight is 374 g/mol. The fourth-order valence-corrected chi connectivity index (χ4v) is 5.83. The molecule has 0 aromatic heterocycles. The monoisotopic (exact) mass is 373 g/mol. The standard InChI is InChI=1S/C24H23NOS/c1-24-14-13-23(26)25-22(24)12-9-17-15-18(10-11-20(17)24)27-21-8-4-6-16-5-2-3-7-19(16)21/h2-8,10-11,15,22H,9,12-14H2,1H3,(H,25,26)/t22-,24-/m1/s1. The van der Waals surface area contributed by atoms with Crippen LogP contribution in [0.3, 0.4) is 0 Å². The molecule has 0 unspecified atom stereocenters. The number of rotatable bonds is 2. The molecule has 5 rings (SSSR count). The summed E-state index contributed by atoms with van der Waals surface area (Å²) in [4.78, 5) is 14.4. The lowest BCUT2D eigenvalue weighted by atomic mass is 9.64. The van der Waals surface area contributed by atoms with Gasteiger partial charge in [-0.05, 0) is 59.4 Å². The van der Waals surface area contributed by atoms with Crippen LogP contribution in [0.1, 0.15) is 37.3 Å². The number of carbonyl (C=O) groups excluding carboxylic acids is 1. The van der Waals surface area contributed by atoms with E-state index in [1.165, 1.54) is 31.7 Å². The highest BCUT2D eigenvalue weighted by Crippen LogP contribution is 2.44. The average Bonchev–Trinajstić information content (AvgIpc) is 2.69. The van der Waals surface area contributed by atoms with Crippen molar-refractivity contribution in [1.82, 2.24) is 5.32 Å². The van der Waals surface area contributed by atoms with Crippen molar-refractivity contribution in [2.45, 2.75) is 53.9 Å². The van der Waals surface area contributed by atoms with E-state index in [1.807, 2.05) is 11.8 Å². The molecule has 136 valence electrons. The lowest BCUT2D eigenvalue weighted by Crippen LogP contribution is -2.55. The second-order valence-corrected chi connectivity index (χ2v) is 9.09. The van der Waals surface area contributed by atoms with Crippen molar-refractivity contribution in [1.29, 1.82) is 0 Å². The molecule has 0 bridgehead atoms. The normalized spacial score (nSPS) is 24.2. The predicted octanol–water partition coefficient (Wildman–Crippen LogP) is 5.47. The van der Waals surface area contributed by atoms with Gasteiger partial charge in [-0.15, -0.1) is 0 Å². The second-order valence-electron chi connectivity index (χ2n) is 7.97. The van der Waals surface area contributed by atoms with E-state index < -0.39 is 0 Å². The van der Waals surface area contributed by atoms with Crippen LogP contribution in [0.15, 0.2) is 70.5 Å². The molecule has 1 aliphatic carbocycles. The van der Waals surface area contributed by atoms with Crippen LogP contribution in [0.4, 0.5) is 0 Å². The molecule has 0 spiro atoms. The maximum absolute atomic E-state index is 11.8. The number of nitrogens with one attached hydrogen (secondary N) is 1. The number of piperidine rings is 1. The summed E-state index contributed by atoms with van der Waals surface area (Å²) in [5.74, 6) is 0.212. The molecular formula is C24H23NOS. The van der Waals surface area contributed by atoms with Gasteiger partial charge in [0, 0.05) is 27.7 Å². The van der Waals surface area contributed by atoms with Gasteiger partial charge in [-0.2, -0.15) is 0 Å². The van der Waals surface area contributed by atoms with Gasteiger partial charge in [0.15, 0.2) is 0 Å². The SMILES string of the molecule is C[C@]12CCC(=O)N[C@@H]1CCc1cc(Sc3cccc4ccccc34)ccc12. The number of benzene rings is 3. The molecular weight excluding hydrogens is 350 g/mol. The van der Waals surface area contributed by atoms with Crippen molar-refractivity contribution in [3.05, 3.63) is 71.8 Å². The molecule has 2 atom stereocenters. The Labute approximate surface area is 164 Å². The van der Waals surface area contributed by atoms with Crippen molar-refractivity contribution < 1.29 is 4.79 Å². The minimum absolute atomic E-state index is 0.0735. The van der Waals surface area contributed by atoms with Crippen LogP contribution >= 0.6 is 11.8 Å². The highest BCUT2D eigenvalue weighted by molar-refractivity contribution is 7.99. The number of fused-ring (bicyclic) bond motifs is 4. The van der Waals surface area contributed by atoms with E-state index in [0.717, 1.165) is 19.3 Å². The topological polar surface area (TPSA) is 29.1 Å². The highest BCUT2D eigenvalue weighted by atomic mass is 32.2. The van der Waals surface area contributed by atoms with E-state index in [1.54, 1.807) is 0 Å². The molecule has 0 radical (unpaired) electrons. The van der Waals surface area contributed by atoms with Gasteiger partial charge in [0.1, 0.15) is 0 Å². The first-order valence-electron chi connectivity index (χ1n) is 9.72. The summed E-state index contributed by atoms with van der Waals surface area (Å²) >= 11 is 1.85. The molecule has 1 N–H and O–H groups in total. The fourth-order valence-electron chi connectivity index (χ4n) is 4.80. The number of amides is 1. The highest BCUT2D eigenvalue weighted by Gasteiger charge is 2.43. The second kappa shape index (κ2) is 6.42. The maximum Gasteiger partial charge on any atom is 0.220 e. The lowest BCUT2D eigenvalue weighted by Gasteiger charge is -2.46. The molecule has 2 nitrogen and oxygen atoms in total. The van der Waals surface area contributed by atoms with Crippen LogP contribution in [0.25, 0.3) is 10.8 Å². The first-order valence-corrected chi connectivity index (χ1v) is 10.5. The Hall–Kier alpha value is -2.26. The first kappa shape index (κ1) is 16.9. The molecule has 27 heavy (non-hydrogen) atoms. The molecule has 0 saturated carbocycles. The zero-order valence-electron chi connectivity index (χ0n) is 15.5. The van der Waals surface area contributed by atoms with E-state index in [-0.39, 0.29) is 17.4 Å².